The first-order chi connectivity index (χ1) is 12.5. The minimum atomic E-state index is -0.207. The number of carbonyl (C=O) groups is 1. The standard InChI is InChI=1S/C18H22N4O3S/c1-12(2)11-20-16(23)13-4-5-14-15(10-13)21-18(26-9-6-19)22(17(14)24)7-8-25-3/h4-5,10,12H,7-9,11H2,1-3H3,(H,20,23). The molecule has 0 fully saturated rings. The van der Waals surface area contributed by atoms with E-state index in [1.807, 2.05) is 19.9 Å². The Morgan fingerprint density at radius 1 is 1.46 bits per heavy atom. The Morgan fingerprint density at radius 3 is 2.88 bits per heavy atom. The highest BCUT2D eigenvalue weighted by molar-refractivity contribution is 7.99. The lowest BCUT2D eigenvalue weighted by molar-refractivity contribution is 0.0949. The summed E-state index contributed by atoms with van der Waals surface area (Å²) in [5, 5.41) is 12.6. The van der Waals surface area contributed by atoms with Crippen LogP contribution < -0.4 is 10.9 Å². The van der Waals surface area contributed by atoms with Gasteiger partial charge in [-0.2, -0.15) is 5.26 Å². The Kier molecular flexibility index (Phi) is 7.18. The Bertz CT molecular complexity index is 886. The molecule has 0 unspecified atom stereocenters. The Labute approximate surface area is 156 Å². The molecule has 0 aliphatic heterocycles. The van der Waals surface area contributed by atoms with Crippen LogP contribution >= 0.6 is 11.8 Å². The molecule has 0 aliphatic carbocycles. The van der Waals surface area contributed by atoms with E-state index in [1.54, 1.807) is 25.3 Å². The van der Waals surface area contributed by atoms with Gasteiger partial charge in [0.15, 0.2) is 5.16 Å². The maximum Gasteiger partial charge on any atom is 0.262 e. The summed E-state index contributed by atoms with van der Waals surface area (Å²) in [5.74, 6) is 0.330. The van der Waals surface area contributed by atoms with Crippen molar-refractivity contribution in [2.75, 3.05) is 26.0 Å². The molecule has 1 aromatic carbocycles. The van der Waals surface area contributed by atoms with Crippen molar-refractivity contribution in [1.82, 2.24) is 14.9 Å². The van der Waals surface area contributed by atoms with Gasteiger partial charge in [0.2, 0.25) is 0 Å². The quantitative estimate of drug-likeness (QED) is 0.561. The Morgan fingerprint density at radius 2 is 2.23 bits per heavy atom. The third-order valence-electron chi connectivity index (χ3n) is 3.64. The molecule has 26 heavy (non-hydrogen) atoms. The number of nitrogens with one attached hydrogen (secondary N) is 1. The van der Waals surface area contributed by atoms with Gasteiger partial charge in [0.25, 0.3) is 11.5 Å². The molecule has 7 nitrogen and oxygen atoms in total. The van der Waals surface area contributed by atoms with E-state index in [4.69, 9.17) is 10.00 Å². The van der Waals surface area contributed by atoms with Crippen LogP contribution in [0.5, 0.6) is 0 Å². The normalized spacial score (nSPS) is 10.9. The molecule has 0 radical (unpaired) electrons. The lowest BCUT2D eigenvalue weighted by Crippen LogP contribution is -2.28. The fourth-order valence-electron chi connectivity index (χ4n) is 2.33. The molecule has 1 amide bonds. The van der Waals surface area contributed by atoms with Crippen LogP contribution in [0, 0.1) is 17.2 Å². The average molecular weight is 374 g/mol. The molecule has 8 heteroatoms. The predicted octanol–water partition coefficient (Wildman–Crippen LogP) is 2.04. The average Bonchev–Trinajstić information content (AvgIpc) is 2.63. The smallest absolute Gasteiger partial charge is 0.262 e. The minimum absolute atomic E-state index is 0.180. The molecule has 0 saturated carbocycles. The fourth-order valence-corrected chi connectivity index (χ4v) is 3.01. The third kappa shape index (κ3) is 4.84. The van der Waals surface area contributed by atoms with E-state index in [1.165, 1.54) is 16.3 Å². The van der Waals surface area contributed by atoms with E-state index >= 15 is 0 Å². The van der Waals surface area contributed by atoms with Crippen LogP contribution in [-0.2, 0) is 11.3 Å². The van der Waals surface area contributed by atoms with Gasteiger partial charge >= 0.3 is 0 Å². The van der Waals surface area contributed by atoms with Gasteiger partial charge in [-0.25, -0.2) is 4.98 Å². The van der Waals surface area contributed by atoms with Gasteiger partial charge in [-0.15, -0.1) is 0 Å². The Balaban J connectivity index is 2.45. The second-order valence-electron chi connectivity index (χ2n) is 6.13. The second kappa shape index (κ2) is 9.36. The monoisotopic (exact) mass is 374 g/mol. The van der Waals surface area contributed by atoms with Crippen LogP contribution in [0.1, 0.15) is 24.2 Å². The first kappa shape index (κ1) is 19.9. The molecule has 1 aromatic heterocycles. The molecular weight excluding hydrogens is 352 g/mol. The number of methoxy groups -OCH3 is 1. The van der Waals surface area contributed by atoms with Crippen molar-refractivity contribution in [1.29, 1.82) is 5.26 Å². The Hall–Kier alpha value is -2.37. The number of carbonyl (C=O) groups excluding carboxylic acids is 1. The highest BCUT2D eigenvalue weighted by Crippen LogP contribution is 2.18. The van der Waals surface area contributed by atoms with Crippen LogP contribution in [-0.4, -0.2) is 41.5 Å². The summed E-state index contributed by atoms with van der Waals surface area (Å²) in [5.41, 5.74) is 0.693. The summed E-state index contributed by atoms with van der Waals surface area (Å²) in [6, 6.07) is 6.90. The van der Waals surface area contributed by atoms with Crippen LogP contribution in [0.15, 0.2) is 28.2 Å². The van der Waals surface area contributed by atoms with Gasteiger partial charge in [0, 0.05) is 19.2 Å². The molecule has 1 N–H and O–H groups in total. The van der Waals surface area contributed by atoms with Crippen molar-refractivity contribution in [3.63, 3.8) is 0 Å². The zero-order chi connectivity index (χ0) is 19.1. The molecular formula is C18H22N4O3S. The maximum absolute atomic E-state index is 12.8. The van der Waals surface area contributed by atoms with Gasteiger partial charge < -0.3 is 10.1 Å². The maximum atomic E-state index is 12.8. The number of rotatable bonds is 8. The molecule has 0 bridgehead atoms. The fraction of sp³-hybridized carbons (Fsp3) is 0.444. The number of amides is 1. The van der Waals surface area contributed by atoms with E-state index in [2.05, 4.69) is 10.3 Å². The topological polar surface area (TPSA) is 97.0 Å². The van der Waals surface area contributed by atoms with E-state index in [0.29, 0.717) is 47.2 Å². The van der Waals surface area contributed by atoms with Crippen molar-refractivity contribution in [2.45, 2.75) is 25.5 Å². The molecule has 0 saturated heterocycles. The molecule has 138 valence electrons. The second-order valence-corrected chi connectivity index (χ2v) is 7.07. The van der Waals surface area contributed by atoms with Gasteiger partial charge in [-0.1, -0.05) is 25.6 Å². The summed E-state index contributed by atoms with van der Waals surface area (Å²) < 4.78 is 6.56. The largest absolute Gasteiger partial charge is 0.383 e. The van der Waals surface area contributed by atoms with Crippen LogP contribution in [0.3, 0.4) is 0 Å². The first-order valence-corrected chi connectivity index (χ1v) is 9.28. The molecule has 1 heterocycles. The molecule has 0 atom stereocenters. The zero-order valence-electron chi connectivity index (χ0n) is 15.1. The number of ether oxygens (including phenoxy) is 1. The van der Waals surface area contributed by atoms with Crippen molar-refractivity contribution in [3.8, 4) is 6.07 Å². The van der Waals surface area contributed by atoms with E-state index in [0.717, 1.165) is 0 Å². The van der Waals surface area contributed by atoms with E-state index in [9.17, 15) is 9.59 Å². The molecule has 0 aliphatic rings. The van der Waals surface area contributed by atoms with Crippen LogP contribution in [0.4, 0.5) is 0 Å². The highest BCUT2D eigenvalue weighted by Gasteiger charge is 2.14. The summed E-state index contributed by atoms with van der Waals surface area (Å²) >= 11 is 1.19. The number of hydrogen-bond donors (Lipinski definition) is 1. The minimum Gasteiger partial charge on any atom is -0.383 e. The number of aromatic nitrogens is 2. The van der Waals surface area contributed by atoms with Gasteiger partial charge in [-0.3, -0.25) is 14.2 Å². The number of thioether (sulfide) groups is 1. The van der Waals surface area contributed by atoms with E-state index in [-0.39, 0.29) is 17.2 Å². The summed E-state index contributed by atoms with van der Waals surface area (Å²) in [6.45, 7) is 5.32. The predicted molar refractivity (Wildman–Crippen MR) is 101 cm³/mol. The number of nitriles is 1. The highest BCUT2D eigenvalue weighted by atomic mass is 32.2. The summed E-state index contributed by atoms with van der Waals surface area (Å²) in [4.78, 5) is 29.5. The van der Waals surface area contributed by atoms with Gasteiger partial charge in [0.05, 0.1) is 35.9 Å². The summed E-state index contributed by atoms with van der Waals surface area (Å²) in [6.07, 6.45) is 0. The van der Waals surface area contributed by atoms with Crippen molar-refractivity contribution in [3.05, 3.63) is 34.1 Å². The SMILES string of the molecule is COCCn1c(SCC#N)nc2cc(C(=O)NCC(C)C)ccc2c1=O. The first-order valence-electron chi connectivity index (χ1n) is 8.29. The lowest BCUT2D eigenvalue weighted by atomic mass is 10.1. The molecule has 2 aromatic rings. The van der Waals surface area contributed by atoms with Gasteiger partial charge in [0.1, 0.15) is 0 Å². The lowest BCUT2D eigenvalue weighted by Gasteiger charge is -2.12. The van der Waals surface area contributed by atoms with Crippen molar-refractivity contribution in [2.24, 2.45) is 5.92 Å². The third-order valence-corrected chi connectivity index (χ3v) is 4.48. The van der Waals surface area contributed by atoms with Crippen LogP contribution in [0.25, 0.3) is 10.9 Å². The number of nitrogens with zero attached hydrogens (tertiary/aromatic N) is 3. The van der Waals surface area contributed by atoms with Crippen LogP contribution in [0.2, 0.25) is 0 Å². The number of hydrogen-bond acceptors (Lipinski definition) is 6. The number of benzene rings is 1. The van der Waals surface area contributed by atoms with Crippen molar-refractivity contribution < 1.29 is 9.53 Å². The molecule has 2 rings (SSSR count). The van der Waals surface area contributed by atoms with Gasteiger partial charge in [-0.05, 0) is 24.1 Å². The summed E-state index contributed by atoms with van der Waals surface area (Å²) in [7, 11) is 1.56. The van der Waals surface area contributed by atoms with Crippen molar-refractivity contribution >= 4 is 28.6 Å². The zero-order valence-corrected chi connectivity index (χ0v) is 15.9. The molecule has 0 spiro atoms. The number of fused-ring (bicyclic) bond motifs is 1. The van der Waals surface area contributed by atoms with E-state index < -0.39 is 0 Å².